The van der Waals surface area contributed by atoms with Crippen molar-refractivity contribution in [3.8, 4) is 0 Å². The average Bonchev–Trinajstić information content (AvgIpc) is 2.38. The molecule has 18 heavy (non-hydrogen) atoms. The SMILES string of the molecule is CNC(Cc1ccncc1)c1ccc(Cl)cc1Br. The molecular formula is C14H14BrClN2. The molecule has 0 aliphatic heterocycles. The molecular weight excluding hydrogens is 312 g/mol. The average molecular weight is 326 g/mol. The summed E-state index contributed by atoms with van der Waals surface area (Å²) in [6.07, 6.45) is 4.55. The van der Waals surface area contributed by atoms with Gasteiger partial charge in [0.05, 0.1) is 0 Å². The molecule has 0 radical (unpaired) electrons. The van der Waals surface area contributed by atoms with Gasteiger partial charge < -0.3 is 5.32 Å². The van der Waals surface area contributed by atoms with Gasteiger partial charge in [-0.3, -0.25) is 4.98 Å². The van der Waals surface area contributed by atoms with Crippen LogP contribution in [-0.4, -0.2) is 12.0 Å². The topological polar surface area (TPSA) is 24.9 Å². The van der Waals surface area contributed by atoms with E-state index in [1.165, 1.54) is 11.1 Å². The maximum Gasteiger partial charge on any atom is 0.0417 e. The van der Waals surface area contributed by atoms with E-state index in [4.69, 9.17) is 11.6 Å². The van der Waals surface area contributed by atoms with Crippen molar-refractivity contribution in [1.82, 2.24) is 10.3 Å². The van der Waals surface area contributed by atoms with E-state index in [1.54, 1.807) is 0 Å². The molecule has 1 aromatic carbocycles. The molecule has 1 heterocycles. The Labute approximate surface area is 121 Å². The van der Waals surface area contributed by atoms with E-state index >= 15 is 0 Å². The molecule has 0 saturated carbocycles. The predicted octanol–water partition coefficient (Wildman–Crippen LogP) is 4.00. The lowest BCUT2D eigenvalue weighted by Crippen LogP contribution is -2.19. The van der Waals surface area contributed by atoms with Crippen molar-refractivity contribution in [3.63, 3.8) is 0 Å². The molecule has 1 atom stereocenters. The Morgan fingerprint density at radius 3 is 2.61 bits per heavy atom. The maximum atomic E-state index is 5.97. The molecule has 0 amide bonds. The molecule has 2 nitrogen and oxygen atoms in total. The fraction of sp³-hybridized carbons (Fsp3) is 0.214. The third kappa shape index (κ3) is 3.31. The number of hydrogen-bond acceptors (Lipinski definition) is 2. The minimum Gasteiger partial charge on any atom is -0.313 e. The van der Waals surface area contributed by atoms with Gasteiger partial charge in [-0.05, 0) is 48.9 Å². The van der Waals surface area contributed by atoms with Gasteiger partial charge in [0.1, 0.15) is 0 Å². The van der Waals surface area contributed by atoms with Gasteiger partial charge in [0.25, 0.3) is 0 Å². The van der Waals surface area contributed by atoms with Crippen molar-refractivity contribution < 1.29 is 0 Å². The molecule has 4 heteroatoms. The fourth-order valence-corrected chi connectivity index (χ4v) is 2.87. The molecule has 0 bridgehead atoms. The minimum absolute atomic E-state index is 0.249. The summed E-state index contributed by atoms with van der Waals surface area (Å²) >= 11 is 9.53. The highest BCUT2D eigenvalue weighted by atomic mass is 79.9. The standard InChI is InChI=1S/C14H14BrClN2/c1-17-14(8-10-4-6-18-7-5-10)12-3-2-11(16)9-13(12)15/h2-7,9,14,17H,8H2,1H3. The molecule has 2 aromatic rings. The molecule has 1 aromatic heterocycles. The van der Waals surface area contributed by atoms with Crippen LogP contribution in [0.1, 0.15) is 17.2 Å². The van der Waals surface area contributed by atoms with E-state index in [0.717, 1.165) is 15.9 Å². The van der Waals surface area contributed by atoms with Crippen LogP contribution in [0.3, 0.4) is 0 Å². The normalized spacial score (nSPS) is 12.4. The van der Waals surface area contributed by atoms with Crippen molar-refractivity contribution in [2.75, 3.05) is 7.05 Å². The van der Waals surface area contributed by atoms with Gasteiger partial charge in [-0.2, -0.15) is 0 Å². The van der Waals surface area contributed by atoms with Crippen LogP contribution in [0.5, 0.6) is 0 Å². The Kier molecular flexibility index (Phi) is 4.75. The third-order valence-corrected chi connectivity index (χ3v) is 3.80. The van der Waals surface area contributed by atoms with Crippen molar-refractivity contribution in [3.05, 3.63) is 63.3 Å². The third-order valence-electron chi connectivity index (χ3n) is 2.88. The number of likely N-dealkylation sites (N-methyl/N-ethyl adjacent to an activating group) is 1. The second-order valence-corrected chi connectivity index (χ2v) is 5.36. The van der Waals surface area contributed by atoms with Crippen LogP contribution in [0.25, 0.3) is 0 Å². The quantitative estimate of drug-likeness (QED) is 0.919. The summed E-state index contributed by atoms with van der Waals surface area (Å²) in [6, 6.07) is 10.2. The number of benzene rings is 1. The lowest BCUT2D eigenvalue weighted by molar-refractivity contribution is 0.589. The summed E-state index contributed by atoms with van der Waals surface area (Å²) in [4.78, 5) is 4.03. The zero-order chi connectivity index (χ0) is 13.0. The van der Waals surface area contributed by atoms with Crippen molar-refractivity contribution >= 4 is 27.5 Å². The first-order chi connectivity index (χ1) is 8.70. The van der Waals surface area contributed by atoms with Crippen molar-refractivity contribution in [2.24, 2.45) is 0 Å². The number of hydrogen-bond donors (Lipinski definition) is 1. The number of pyridine rings is 1. The van der Waals surface area contributed by atoms with Gasteiger partial charge in [0.2, 0.25) is 0 Å². The highest BCUT2D eigenvalue weighted by molar-refractivity contribution is 9.10. The van der Waals surface area contributed by atoms with Crippen molar-refractivity contribution in [2.45, 2.75) is 12.5 Å². The first-order valence-electron chi connectivity index (χ1n) is 5.72. The van der Waals surface area contributed by atoms with Gasteiger partial charge in [0, 0.05) is 27.9 Å². The summed E-state index contributed by atoms with van der Waals surface area (Å²) in [6.45, 7) is 0. The van der Waals surface area contributed by atoms with Gasteiger partial charge in [-0.1, -0.05) is 33.6 Å². The van der Waals surface area contributed by atoms with E-state index < -0.39 is 0 Å². The van der Waals surface area contributed by atoms with Gasteiger partial charge in [0.15, 0.2) is 0 Å². The number of nitrogens with zero attached hydrogens (tertiary/aromatic N) is 1. The lowest BCUT2D eigenvalue weighted by Gasteiger charge is -2.18. The lowest BCUT2D eigenvalue weighted by atomic mass is 10.00. The van der Waals surface area contributed by atoms with Gasteiger partial charge in [-0.15, -0.1) is 0 Å². The molecule has 0 spiro atoms. The second kappa shape index (κ2) is 6.32. The Morgan fingerprint density at radius 2 is 2.00 bits per heavy atom. The van der Waals surface area contributed by atoms with Crippen LogP contribution in [0.2, 0.25) is 5.02 Å². The second-order valence-electron chi connectivity index (χ2n) is 4.07. The molecule has 1 N–H and O–H groups in total. The zero-order valence-corrected chi connectivity index (χ0v) is 12.4. The largest absolute Gasteiger partial charge is 0.313 e. The fourth-order valence-electron chi connectivity index (χ4n) is 1.91. The predicted molar refractivity (Wildman–Crippen MR) is 78.9 cm³/mol. The minimum atomic E-state index is 0.249. The highest BCUT2D eigenvalue weighted by Crippen LogP contribution is 2.28. The molecule has 0 fully saturated rings. The van der Waals surface area contributed by atoms with Crippen molar-refractivity contribution in [1.29, 1.82) is 0 Å². The molecule has 2 rings (SSSR count). The monoisotopic (exact) mass is 324 g/mol. The zero-order valence-electron chi connectivity index (χ0n) is 10.0. The summed E-state index contributed by atoms with van der Waals surface area (Å²) in [5.41, 5.74) is 2.46. The maximum absolute atomic E-state index is 5.97. The van der Waals surface area contributed by atoms with Crippen LogP contribution in [0.15, 0.2) is 47.2 Å². The Hall–Kier alpha value is -0.900. The molecule has 1 unspecified atom stereocenters. The van der Waals surface area contributed by atoms with E-state index in [2.05, 4.69) is 32.3 Å². The van der Waals surface area contributed by atoms with E-state index in [1.807, 2.05) is 43.7 Å². The molecule has 0 aliphatic rings. The Bertz CT molecular complexity index is 516. The number of nitrogens with one attached hydrogen (secondary N) is 1. The summed E-state index contributed by atoms with van der Waals surface area (Å²) in [5, 5.41) is 4.07. The van der Waals surface area contributed by atoms with Crippen LogP contribution < -0.4 is 5.32 Å². The number of rotatable bonds is 4. The molecule has 0 saturated heterocycles. The summed E-state index contributed by atoms with van der Waals surface area (Å²) in [5.74, 6) is 0. The number of aromatic nitrogens is 1. The highest BCUT2D eigenvalue weighted by Gasteiger charge is 2.13. The summed E-state index contributed by atoms with van der Waals surface area (Å²) < 4.78 is 1.03. The van der Waals surface area contributed by atoms with Gasteiger partial charge in [-0.25, -0.2) is 0 Å². The van der Waals surface area contributed by atoms with E-state index in [0.29, 0.717) is 0 Å². The van der Waals surface area contributed by atoms with E-state index in [-0.39, 0.29) is 6.04 Å². The van der Waals surface area contributed by atoms with Gasteiger partial charge >= 0.3 is 0 Å². The van der Waals surface area contributed by atoms with E-state index in [9.17, 15) is 0 Å². The Morgan fingerprint density at radius 1 is 1.28 bits per heavy atom. The Balaban J connectivity index is 2.23. The molecule has 94 valence electrons. The van der Waals surface area contributed by atoms with Crippen LogP contribution in [-0.2, 0) is 6.42 Å². The first-order valence-corrected chi connectivity index (χ1v) is 6.89. The molecule has 0 aliphatic carbocycles. The number of halogens is 2. The van der Waals surface area contributed by atoms with Crippen LogP contribution in [0.4, 0.5) is 0 Å². The van der Waals surface area contributed by atoms with Crippen LogP contribution in [0, 0.1) is 0 Å². The van der Waals surface area contributed by atoms with Crippen LogP contribution >= 0.6 is 27.5 Å². The summed E-state index contributed by atoms with van der Waals surface area (Å²) in [7, 11) is 1.97. The first kappa shape index (κ1) is 13.5. The smallest absolute Gasteiger partial charge is 0.0417 e.